The first-order valence-corrected chi connectivity index (χ1v) is 14.7. The molecule has 2 aromatic heterocycles. The molecule has 0 radical (unpaired) electrons. The molecular weight excluding hydrogens is 546 g/mol. The number of benzene rings is 2. The number of carbonyl (C=O) groups excluding carboxylic acids is 2. The summed E-state index contributed by atoms with van der Waals surface area (Å²) >= 11 is 0. The van der Waals surface area contributed by atoms with Crippen LogP contribution in [0.1, 0.15) is 70.6 Å². The minimum atomic E-state index is -0.621. The summed E-state index contributed by atoms with van der Waals surface area (Å²) in [6, 6.07) is 12.0. The molecule has 5 rings (SSSR count). The molecule has 1 amide bonds. The molecular formula is C33H41N5O5. The van der Waals surface area contributed by atoms with Gasteiger partial charge in [0.15, 0.2) is 0 Å². The smallest absolute Gasteiger partial charge is 0.419 e. The second-order valence-electron chi connectivity index (χ2n) is 13.2. The van der Waals surface area contributed by atoms with Crippen molar-refractivity contribution in [3.05, 3.63) is 71.7 Å². The van der Waals surface area contributed by atoms with Crippen LogP contribution in [0, 0.1) is 13.8 Å². The van der Waals surface area contributed by atoms with E-state index < -0.39 is 17.3 Å². The maximum absolute atomic E-state index is 13.1. The van der Waals surface area contributed by atoms with Crippen LogP contribution in [0.5, 0.6) is 5.75 Å². The van der Waals surface area contributed by atoms with Gasteiger partial charge in [0.25, 0.3) is 0 Å². The van der Waals surface area contributed by atoms with Gasteiger partial charge in [-0.05, 0) is 90.3 Å². The van der Waals surface area contributed by atoms with Crippen LogP contribution >= 0.6 is 0 Å². The first-order valence-electron chi connectivity index (χ1n) is 14.7. The summed E-state index contributed by atoms with van der Waals surface area (Å²) in [5.41, 5.74) is 3.40. The Bertz CT molecular complexity index is 1610. The zero-order valence-corrected chi connectivity index (χ0v) is 26.2. The number of fused-ring (bicyclic) bond motifs is 1. The van der Waals surface area contributed by atoms with Crippen molar-refractivity contribution in [1.82, 2.24) is 24.5 Å². The highest BCUT2D eigenvalue weighted by Crippen LogP contribution is 2.38. The standard InChI is InChI=1S/C33H41N5O5/c1-21-19-22(2)29(25-13-17-37(28(21)25)31(40)43-33(6,7)8)41-27-14-16-36(30(39)42-32(3,4)5)20-26(27)23-9-11-24(12-10-23)38-18-15-34-35-38/h9-13,15,17-19,26-27H,14,16,20H2,1-8H3/t26?,27-/m1/s1. The third-order valence-electron chi connectivity index (χ3n) is 7.36. The first kappa shape index (κ1) is 30.1. The van der Waals surface area contributed by atoms with E-state index in [1.165, 1.54) is 0 Å². The molecule has 0 bridgehead atoms. The van der Waals surface area contributed by atoms with E-state index >= 15 is 0 Å². The lowest BCUT2D eigenvalue weighted by atomic mass is 9.87. The van der Waals surface area contributed by atoms with Crippen molar-refractivity contribution in [2.24, 2.45) is 0 Å². The van der Waals surface area contributed by atoms with Crippen molar-refractivity contribution in [3.63, 3.8) is 0 Å². The fraction of sp³-hybridized carbons (Fsp3) is 0.455. The molecule has 10 nitrogen and oxygen atoms in total. The van der Waals surface area contributed by atoms with Gasteiger partial charge in [-0.2, -0.15) is 0 Å². The van der Waals surface area contributed by atoms with Gasteiger partial charge >= 0.3 is 12.2 Å². The van der Waals surface area contributed by atoms with Crippen LogP contribution in [0.4, 0.5) is 9.59 Å². The van der Waals surface area contributed by atoms with Crippen molar-refractivity contribution in [2.75, 3.05) is 13.1 Å². The highest BCUT2D eigenvalue weighted by atomic mass is 16.6. The SMILES string of the molecule is Cc1cc(C)c2c(ccn2C(=O)OC(C)(C)C)c1O[C@@H]1CCN(C(=O)OC(C)(C)C)CC1c1ccc(-n2ccnn2)cc1. The number of aryl methyl sites for hydroxylation is 2. The molecule has 228 valence electrons. The van der Waals surface area contributed by atoms with Gasteiger partial charge in [-0.3, -0.25) is 4.57 Å². The van der Waals surface area contributed by atoms with Gasteiger partial charge in [-0.1, -0.05) is 23.4 Å². The fourth-order valence-corrected chi connectivity index (χ4v) is 5.56. The van der Waals surface area contributed by atoms with Crippen LogP contribution in [0.15, 0.2) is 55.0 Å². The van der Waals surface area contributed by atoms with Crippen LogP contribution in [-0.4, -0.2) is 67.0 Å². The van der Waals surface area contributed by atoms with Gasteiger partial charge in [0, 0.05) is 37.0 Å². The highest BCUT2D eigenvalue weighted by Gasteiger charge is 2.36. The summed E-state index contributed by atoms with van der Waals surface area (Å²) in [5, 5.41) is 8.83. The number of rotatable bonds is 4. The number of aromatic nitrogens is 4. The Morgan fingerprint density at radius 1 is 0.884 bits per heavy atom. The van der Waals surface area contributed by atoms with E-state index in [2.05, 4.69) is 10.3 Å². The third kappa shape index (κ3) is 6.68. The molecule has 0 aliphatic carbocycles. The Balaban J connectivity index is 1.49. The summed E-state index contributed by atoms with van der Waals surface area (Å²) < 4.78 is 21.5. The van der Waals surface area contributed by atoms with Gasteiger partial charge in [-0.25, -0.2) is 14.3 Å². The molecule has 4 aromatic rings. The minimum absolute atomic E-state index is 0.130. The Hall–Kier alpha value is -4.34. The van der Waals surface area contributed by atoms with Crippen LogP contribution in [0.25, 0.3) is 16.6 Å². The first-order chi connectivity index (χ1) is 20.2. The molecule has 43 heavy (non-hydrogen) atoms. The number of ether oxygens (including phenoxy) is 3. The number of likely N-dealkylation sites (tertiary alicyclic amines) is 1. The Kier molecular flexibility index (Phi) is 7.98. The normalized spacial score (nSPS) is 17.6. The van der Waals surface area contributed by atoms with E-state index in [9.17, 15) is 9.59 Å². The molecule has 1 aliphatic heterocycles. The number of hydrogen-bond donors (Lipinski definition) is 0. The van der Waals surface area contributed by atoms with E-state index in [1.807, 2.05) is 91.8 Å². The molecule has 1 unspecified atom stereocenters. The lowest BCUT2D eigenvalue weighted by molar-refractivity contribution is 0.00777. The van der Waals surface area contributed by atoms with Gasteiger partial charge in [-0.15, -0.1) is 5.10 Å². The summed E-state index contributed by atoms with van der Waals surface area (Å²) in [5.74, 6) is 0.595. The molecule has 2 aromatic carbocycles. The number of hydrogen-bond acceptors (Lipinski definition) is 7. The molecule has 0 saturated carbocycles. The Labute approximate surface area is 252 Å². The second-order valence-corrected chi connectivity index (χ2v) is 13.2. The van der Waals surface area contributed by atoms with Crippen molar-refractivity contribution in [3.8, 4) is 11.4 Å². The molecule has 1 aliphatic rings. The van der Waals surface area contributed by atoms with Crippen LogP contribution in [0.2, 0.25) is 0 Å². The maximum Gasteiger partial charge on any atom is 0.419 e. The topological polar surface area (TPSA) is 101 Å². The molecule has 1 fully saturated rings. The number of piperidine rings is 1. The van der Waals surface area contributed by atoms with Crippen molar-refractivity contribution in [1.29, 1.82) is 0 Å². The number of nitrogens with zero attached hydrogens (tertiary/aromatic N) is 5. The average Bonchev–Trinajstić information content (AvgIpc) is 3.60. The minimum Gasteiger partial charge on any atom is -0.489 e. The third-order valence-corrected chi connectivity index (χ3v) is 7.36. The lowest BCUT2D eigenvalue weighted by Crippen LogP contribution is -2.48. The predicted molar refractivity (Wildman–Crippen MR) is 164 cm³/mol. The quantitative estimate of drug-likeness (QED) is 0.259. The highest BCUT2D eigenvalue weighted by molar-refractivity contribution is 5.96. The summed E-state index contributed by atoms with van der Waals surface area (Å²) in [6.45, 7) is 16.1. The summed E-state index contributed by atoms with van der Waals surface area (Å²) in [7, 11) is 0. The largest absolute Gasteiger partial charge is 0.489 e. The monoisotopic (exact) mass is 587 g/mol. The molecule has 10 heteroatoms. The van der Waals surface area contributed by atoms with Gasteiger partial charge in [0.1, 0.15) is 23.1 Å². The predicted octanol–water partition coefficient (Wildman–Crippen LogP) is 6.79. The zero-order chi connectivity index (χ0) is 31.1. The van der Waals surface area contributed by atoms with E-state index in [0.29, 0.717) is 19.5 Å². The van der Waals surface area contributed by atoms with Gasteiger partial charge < -0.3 is 19.1 Å². The van der Waals surface area contributed by atoms with Crippen molar-refractivity contribution < 1.29 is 23.8 Å². The molecule has 3 heterocycles. The number of carbonyl (C=O) groups is 2. The Morgan fingerprint density at radius 3 is 2.19 bits per heavy atom. The molecule has 0 N–H and O–H groups in total. The molecule has 0 spiro atoms. The average molecular weight is 588 g/mol. The van der Waals surface area contributed by atoms with E-state index in [-0.39, 0.29) is 18.1 Å². The zero-order valence-electron chi connectivity index (χ0n) is 26.2. The fourth-order valence-electron chi connectivity index (χ4n) is 5.56. The van der Waals surface area contributed by atoms with Crippen molar-refractivity contribution >= 4 is 23.1 Å². The lowest BCUT2D eigenvalue weighted by Gasteiger charge is -2.39. The van der Waals surface area contributed by atoms with E-state index in [1.54, 1.807) is 32.7 Å². The van der Waals surface area contributed by atoms with Crippen LogP contribution < -0.4 is 4.74 Å². The maximum atomic E-state index is 13.1. The van der Waals surface area contributed by atoms with Gasteiger partial charge in [0.05, 0.1) is 23.6 Å². The second kappa shape index (κ2) is 11.4. The van der Waals surface area contributed by atoms with Crippen LogP contribution in [-0.2, 0) is 9.47 Å². The van der Waals surface area contributed by atoms with Crippen LogP contribution in [0.3, 0.4) is 0 Å². The number of amides is 1. The summed E-state index contributed by atoms with van der Waals surface area (Å²) in [6.07, 6.45) is 4.78. The Morgan fingerprint density at radius 2 is 1.56 bits per heavy atom. The molecule has 2 atom stereocenters. The molecule has 1 saturated heterocycles. The van der Waals surface area contributed by atoms with E-state index in [0.717, 1.165) is 39.0 Å². The van der Waals surface area contributed by atoms with E-state index in [4.69, 9.17) is 14.2 Å². The summed E-state index contributed by atoms with van der Waals surface area (Å²) in [4.78, 5) is 27.9. The van der Waals surface area contributed by atoms with Crippen molar-refractivity contribution in [2.45, 2.75) is 85.0 Å². The van der Waals surface area contributed by atoms with Gasteiger partial charge in [0.2, 0.25) is 0 Å².